The van der Waals surface area contributed by atoms with E-state index in [9.17, 15) is 23.1 Å². The highest BCUT2D eigenvalue weighted by Gasteiger charge is 2.57. The first-order valence-corrected chi connectivity index (χ1v) is 9.09. The zero-order chi connectivity index (χ0) is 21.1. The van der Waals surface area contributed by atoms with Gasteiger partial charge < -0.3 is 15.0 Å². The van der Waals surface area contributed by atoms with Crippen LogP contribution in [-0.2, 0) is 12.6 Å². The predicted molar refractivity (Wildman–Crippen MR) is 97.9 cm³/mol. The topological polar surface area (TPSA) is 118 Å². The number of carbonyl (C=O) groups excluding carboxylic acids is 1. The maximum atomic E-state index is 13.4. The first-order chi connectivity index (χ1) is 13.7. The van der Waals surface area contributed by atoms with E-state index in [4.69, 9.17) is 0 Å². The van der Waals surface area contributed by atoms with Gasteiger partial charge in [-0.15, -0.1) is 10.2 Å². The lowest BCUT2D eigenvalue weighted by Gasteiger charge is -2.29. The molecule has 0 radical (unpaired) electrons. The normalized spacial score (nSPS) is 13.7. The van der Waals surface area contributed by atoms with Gasteiger partial charge in [0.15, 0.2) is 5.01 Å². The van der Waals surface area contributed by atoms with Crippen molar-refractivity contribution in [1.29, 1.82) is 0 Å². The number of anilines is 1. The quantitative estimate of drug-likeness (QED) is 0.556. The summed E-state index contributed by atoms with van der Waals surface area (Å²) in [7, 11) is 1.34. The summed E-state index contributed by atoms with van der Waals surface area (Å²) >= 11 is 1.06. The fraction of sp³-hybridized carbons (Fsp3) is 0.312. The van der Waals surface area contributed by atoms with Crippen molar-refractivity contribution in [1.82, 2.24) is 30.0 Å². The van der Waals surface area contributed by atoms with Crippen molar-refractivity contribution < 1.29 is 23.1 Å². The molecule has 1 atom stereocenters. The number of halogens is 3. The van der Waals surface area contributed by atoms with Gasteiger partial charge in [0.1, 0.15) is 11.5 Å². The van der Waals surface area contributed by atoms with Crippen LogP contribution in [-0.4, -0.2) is 48.6 Å². The molecule has 0 saturated heterocycles. The Kier molecular flexibility index (Phi) is 5.79. The summed E-state index contributed by atoms with van der Waals surface area (Å²) in [4.78, 5) is 19.7. The zero-order valence-electron chi connectivity index (χ0n) is 15.0. The third kappa shape index (κ3) is 4.51. The van der Waals surface area contributed by atoms with Crippen molar-refractivity contribution >= 4 is 22.5 Å². The van der Waals surface area contributed by atoms with Crippen LogP contribution in [0.2, 0.25) is 0 Å². The fourth-order valence-corrected chi connectivity index (χ4v) is 3.22. The second kappa shape index (κ2) is 8.13. The Balaban J connectivity index is 1.59. The Morgan fingerprint density at radius 3 is 2.66 bits per heavy atom. The third-order valence-corrected chi connectivity index (χ3v) is 4.82. The molecule has 0 spiro atoms. The van der Waals surface area contributed by atoms with Gasteiger partial charge in [-0.05, 0) is 12.1 Å². The van der Waals surface area contributed by atoms with Crippen molar-refractivity contribution in [2.45, 2.75) is 18.2 Å². The van der Waals surface area contributed by atoms with E-state index in [0.29, 0.717) is 10.7 Å². The Morgan fingerprint density at radius 2 is 2.03 bits per heavy atom. The third-order valence-electron chi connectivity index (χ3n) is 3.96. The summed E-state index contributed by atoms with van der Waals surface area (Å²) in [5.74, 6) is -0.559. The van der Waals surface area contributed by atoms with Crippen LogP contribution < -0.4 is 10.6 Å². The molecule has 2 amide bonds. The molecule has 154 valence electrons. The number of nitrogens with zero attached hydrogens (tertiary/aromatic N) is 5. The molecular formula is C16H16F3N7O2S. The molecule has 0 aromatic carbocycles. The average Bonchev–Trinajstić information content (AvgIpc) is 3.30. The van der Waals surface area contributed by atoms with Crippen molar-refractivity contribution in [2.24, 2.45) is 7.05 Å². The highest BCUT2D eigenvalue weighted by molar-refractivity contribution is 7.18. The first kappa shape index (κ1) is 20.7. The number of carbonyl (C=O) groups is 1. The van der Waals surface area contributed by atoms with Crippen molar-refractivity contribution in [3.05, 3.63) is 42.6 Å². The molecule has 29 heavy (non-hydrogen) atoms. The average molecular weight is 427 g/mol. The summed E-state index contributed by atoms with van der Waals surface area (Å²) in [6, 6.07) is 4.45. The number of imidazole rings is 1. The number of hydrogen-bond donors (Lipinski definition) is 3. The molecule has 0 aliphatic carbocycles. The van der Waals surface area contributed by atoms with E-state index in [1.165, 1.54) is 13.2 Å². The number of urea groups is 1. The van der Waals surface area contributed by atoms with Gasteiger partial charge in [-0.3, -0.25) is 10.3 Å². The zero-order valence-corrected chi connectivity index (χ0v) is 15.8. The minimum Gasteiger partial charge on any atom is -0.374 e. The molecule has 0 bridgehead atoms. The Morgan fingerprint density at radius 1 is 1.24 bits per heavy atom. The monoisotopic (exact) mass is 427 g/mol. The molecule has 3 N–H and O–H groups in total. The number of aryl methyl sites for hydroxylation is 1. The summed E-state index contributed by atoms with van der Waals surface area (Å²) in [6.07, 6.45) is -1.76. The number of amides is 2. The van der Waals surface area contributed by atoms with Crippen molar-refractivity contribution in [3.63, 3.8) is 0 Å². The number of aromatic nitrogens is 5. The second-order valence-corrected chi connectivity index (χ2v) is 6.96. The number of pyridine rings is 1. The second-order valence-electron chi connectivity index (χ2n) is 5.98. The number of aliphatic hydroxyl groups is 1. The molecule has 9 nitrogen and oxygen atoms in total. The summed E-state index contributed by atoms with van der Waals surface area (Å²) in [5.41, 5.74) is -2.63. The van der Waals surface area contributed by atoms with Crippen LogP contribution in [0.25, 0.3) is 10.7 Å². The molecule has 3 aromatic heterocycles. The number of nitrogens with one attached hydrogen (secondary N) is 2. The van der Waals surface area contributed by atoms with E-state index < -0.39 is 36.6 Å². The van der Waals surface area contributed by atoms with Crippen molar-refractivity contribution in [3.8, 4) is 10.7 Å². The molecule has 3 rings (SSSR count). The van der Waals surface area contributed by atoms with E-state index in [1.807, 2.05) is 0 Å². The minimum absolute atomic E-state index is 0.151. The lowest BCUT2D eigenvalue weighted by Crippen LogP contribution is -2.47. The van der Waals surface area contributed by atoms with E-state index in [0.717, 1.165) is 22.1 Å². The fourth-order valence-electron chi connectivity index (χ4n) is 2.51. The molecule has 13 heteroatoms. The van der Waals surface area contributed by atoms with Crippen molar-refractivity contribution in [2.75, 3.05) is 11.9 Å². The van der Waals surface area contributed by atoms with E-state index >= 15 is 0 Å². The molecule has 1 unspecified atom stereocenters. The molecule has 0 fully saturated rings. The maximum absolute atomic E-state index is 13.4. The van der Waals surface area contributed by atoms with Crippen LogP contribution in [0.4, 0.5) is 23.1 Å². The molecule has 0 saturated carbocycles. The van der Waals surface area contributed by atoms with Gasteiger partial charge >= 0.3 is 12.2 Å². The highest BCUT2D eigenvalue weighted by atomic mass is 32.1. The number of hydrogen-bond acceptors (Lipinski definition) is 7. The van der Waals surface area contributed by atoms with Crippen LogP contribution in [0.1, 0.15) is 12.2 Å². The van der Waals surface area contributed by atoms with Crippen LogP contribution in [0, 0.1) is 0 Å². The minimum atomic E-state index is -4.97. The van der Waals surface area contributed by atoms with E-state index in [1.54, 1.807) is 24.4 Å². The van der Waals surface area contributed by atoms with E-state index in [2.05, 4.69) is 30.8 Å². The summed E-state index contributed by atoms with van der Waals surface area (Å²) in [6.45, 7) is -0.458. The molecular weight excluding hydrogens is 411 g/mol. The Labute approximate surface area is 166 Å². The molecule has 0 aliphatic heterocycles. The van der Waals surface area contributed by atoms with Gasteiger partial charge in [-0.1, -0.05) is 17.4 Å². The number of rotatable bonds is 6. The van der Waals surface area contributed by atoms with Gasteiger partial charge in [0.05, 0.1) is 0 Å². The largest absolute Gasteiger partial charge is 0.424 e. The van der Waals surface area contributed by atoms with Gasteiger partial charge in [-0.25, -0.2) is 9.78 Å². The van der Waals surface area contributed by atoms with Gasteiger partial charge in [0, 0.05) is 38.6 Å². The maximum Gasteiger partial charge on any atom is 0.424 e. The van der Waals surface area contributed by atoms with Crippen LogP contribution in [0.3, 0.4) is 0 Å². The lowest BCUT2D eigenvalue weighted by atomic mass is 9.97. The standard InChI is InChI=1S/C16H16F3N7O2S/c1-26-9-8-21-12(26)15(28,16(17,18)19)5-7-22-13(27)23-14-25-24-11(29-14)10-4-2-3-6-20-10/h2-4,6,8-9,28H,5,7H2,1H3,(H2,22,23,25,27). The van der Waals surface area contributed by atoms with Crippen LogP contribution >= 0.6 is 11.3 Å². The summed E-state index contributed by atoms with van der Waals surface area (Å²) in [5, 5.41) is 23.2. The molecule has 0 aliphatic rings. The number of alkyl halides is 3. The first-order valence-electron chi connectivity index (χ1n) is 8.27. The highest BCUT2D eigenvalue weighted by Crippen LogP contribution is 2.40. The van der Waals surface area contributed by atoms with Gasteiger partial charge in [-0.2, -0.15) is 13.2 Å². The Bertz CT molecular complexity index is 976. The van der Waals surface area contributed by atoms with E-state index in [-0.39, 0.29) is 5.13 Å². The van der Waals surface area contributed by atoms with Gasteiger partial charge in [0.2, 0.25) is 10.7 Å². The lowest BCUT2D eigenvalue weighted by molar-refractivity contribution is -0.272. The smallest absolute Gasteiger partial charge is 0.374 e. The Hall–Kier alpha value is -3.06. The molecule has 3 aromatic rings. The molecule has 3 heterocycles. The van der Waals surface area contributed by atoms with Crippen LogP contribution in [0.5, 0.6) is 0 Å². The predicted octanol–water partition coefficient (Wildman–Crippen LogP) is 2.30. The van der Waals surface area contributed by atoms with Gasteiger partial charge in [0.25, 0.3) is 0 Å². The SMILES string of the molecule is Cn1ccnc1C(O)(CCNC(=O)Nc1nnc(-c2ccccn2)s1)C(F)(F)F. The van der Waals surface area contributed by atoms with Crippen LogP contribution in [0.15, 0.2) is 36.8 Å². The summed E-state index contributed by atoms with van der Waals surface area (Å²) < 4.78 is 41.4.